The lowest BCUT2D eigenvalue weighted by molar-refractivity contribution is -0.137. The minimum absolute atomic E-state index is 0.0697. The maximum atomic E-state index is 13.6. The molecule has 4 aromatic rings. The minimum Gasteiger partial charge on any atom is -0.336 e. The number of amides is 1. The van der Waals surface area contributed by atoms with Gasteiger partial charge in [-0.2, -0.15) is 13.2 Å². The highest BCUT2D eigenvalue weighted by atomic mass is 19.4. The Morgan fingerprint density at radius 1 is 0.974 bits per heavy atom. The van der Waals surface area contributed by atoms with Gasteiger partial charge in [-0.15, -0.1) is 0 Å². The molecule has 2 heterocycles. The van der Waals surface area contributed by atoms with Crippen molar-refractivity contribution in [3.8, 4) is 0 Å². The quantitative estimate of drug-likeness (QED) is 0.255. The Morgan fingerprint density at radius 2 is 1.74 bits per heavy atom. The maximum Gasteiger partial charge on any atom is 0.416 e. The van der Waals surface area contributed by atoms with Gasteiger partial charge in [0.25, 0.3) is 5.91 Å². The highest BCUT2D eigenvalue weighted by molar-refractivity contribution is 6.07. The zero-order valence-electron chi connectivity index (χ0n) is 22.1. The van der Waals surface area contributed by atoms with Crippen molar-refractivity contribution < 1.29 is 18.0 Å². The Morgan fingerprint density at radius 3 is 2.51 bits per heavy atom. The van der Waals surface area contributed by atoms with E-state index in [-0.39, 0.29) is 11.9 Å². The molecule has 1 amide bonds. The molecule has 0 unspecified atom stereocenters. The molecule has 0 radical (unpaired) electrons. The van der Waals surface area contributed by atoms with Crippen LogP contribution < -0.4 is 0 Å². The van der Waals surface area contributed by atoms with Crippen LogP contribution in [0.5, 0.6) is 0 Å². The summed E-state index contributed by atoms with van der Waals surface area (Å²) in [4.78, 5) is 22.4. The third-order valence-corrected chi connectivity index (χ3v) is 7.60. The second kappa shape index (κ2) is 11.6. The van der Waals surface area contributed by atoms with Crippen molar-refractivity contribution in [3.05, 3.63) is 102 Å². The average Bonchev–Trinajstić information content (AvgIpc) is 3.37. The van der Waals surface area contributed by atoms with Crippen molar-refractivity contribution in [2.24, 2.45) is 0 Å². The van der Waals surface area contributed by atoms with Crippen molar-refractivity contribution in [2.45, 2.75) is 51.5 Å². The Labute approximate surface area is 226 Å². The van der Waals surface area contributed by atoms with Crippen LogP contribution in [-0.2, 0) is 19.3 Å². The number of piperazine rings is 1. The van der Waals surface area contributed by atoms with Gasteiger partial charge in [0.2, 0.25) is 0 Å². The summed E-state index contributed by atoms with van der Waals surface area (Å²) in [6, 6.07) is 19.4. The van der Waals surface area contributed by atoms with E-state index in [4.69, 9.17) is 0 Å². The summed E-state index contributed by atoms with van der Waals surface area (Å²) in [6.07, 6.45) is 2.35. The van der Waals surface area contributed by atoms with Crippen LogP contribution in [0.2, 0.25) is 0 Å². The molecule has 39 heavy (non-hydrogen) atoms. The first-order chi connectivity index (χ1) is 18.8. The molecule has 1 aliphatic heterocycles. The molecule has 0 saturated carbocycles. The number of nitrogens with zero attached hydrogens (tertiary/aromatic N) is 4. The normalized spacial score (nSPS) is 16.6. The molecule has 1 aliphatic rings. The number of carbonyl (C=O) groups excluding carboxylic acids is 1. The fourth-order valence-corrected chi connectivity index (χ4v) is 5.41. The first-order valence-corrected chi connectivity index (χ1v) is 13.5. The van der Waals surface area contributed by atoms with E-state index in [9.17, 15) is 18.0 Å². The molecule has 5 nitrogen and oxygen atoms in total. The van der Waals surface area contributed by atoms with Crippen LogP contribution in [0.3, 0.4) is 0 Å². The van der Waals surface area contributed by atoms with E-state index in [1.54, 1.807) is 6.33 Å². The summed E-state index contributed by atoms with van der Waals surface area (Å²) in [7, 11) is 0. The summed E-state index contributed by atoms with van der Waals surface area (Å²) in [5, 5.41) is 2.04. The summed E-state index contributed by atoms with van der Waals surface area (Å²) >= 11 is 0. The molecular weight excluding hydrogens is 501 g/mol. The lowest BCUT2D eigenvalue weighted by Crippen LogP contribution is -2.54. The Bertz CT molecular complexity index is 1410. The van der Waals surface area contributed by atoms with E-state index < -0.39 is 11.7 Å². The molecule has 204 valence electrons. The summed E-state index contributed by atoms with van der Waals surface area (Å²) in [5.41, 5.74) is 1.89. The fourth-order valence-electron chi connectivity index (χ4n) is 5.41. The van der Waals surface area contributed by atoms with Crippen molar-refractivity contribution in [1.29, 1.82) is 0 Å². The predicted molar refractivity (Wildman–Crippen MR) is 146 cm³/mol. The molecule has 0 bridgehead atoms. The van der Waals surface area contributed by atoms with Gasteiger partial charge < -0.3 is 9.47 Å². The third kappa shape index (κ3) is 6.17. The number of aromatic nitrogens is 2. The van der Waals surface area contributed by atoms with E-state index in [0.717, 1.165) is 65.5 Å². The van der Waals surface area contributed by atoms with Gasteiger partial charge in [0, 0.05) is 50.5 Å². The molecule has 0 N–H and O–H groups in total. The Kier molecular flexibility index (Phi) is 8.02. The van der Waals surface area contributed by atoms with Crippen LogP contribution in [-0.4, -0.2) is 50.9 Å². The van der Waals surface area contributed by atoms with Crippen LogP contribution in [0.25, 0.3) is 10.8 Å². The van der Waals surface area contributed by atoms with Gasteiger partial charge in [0.05, 0.1) is 17.6 Å². The topological polar surface area (TPSA) is 41.4 Å². The monoisotopic (exact) mass is 534 g/mol. The zero-order valence-corrected chi connectivity index (χ0v) is 22.1. The molecule has 1 atom stereocenters. The van der Waals surface area contributed by atoms with Crippen LogP contribution >= 0.6 is 0 Å². The predicted octanol–water partition coefficient (Wildman–Crippen LogP) is 6.62. The average molecular weight is 535 g/mol. The van der Waals surface area contributed by atoms with Crippen LogP contribution in [0.4, 0.5) is 13.2 Å². The minimum atomic E-state index is -4.34. The van der Waals surface area contributed by atoms with Crippen LogP contribution in [0.15, 0.2) is 79.3 Å². The molecule has 5 rings (SSSR count). The van der Waals surface area contributed by atoms with Crippen molar-refractivity contribution in [3.63, 3.8) is 0 Å². The van der Waals surface area contributed by atoms with E-state index in [2.05, 4.69) is 16.8 Å². The highest BCUT2D eigenvalue weighted by Crippen LogP contribution is 2.29. The molecule has 8 heteroatoms. The Balaban J connectivity index is 1.29. The summed E-state index contributed by atoms with van der Waals surface area (Å²) in [6.45, 7) is 5.34. The zero-order chi connectivity index (χ0) is 27.4. The molecular formula is C31H33F3N4O. The second-order valence-electron chi connectivity index (χ2n) is 10.3. The summed E-state index contributed by atoms with van der Waals surface area (Å²) in [5.74, 6) is 0.0697. The number of benzene rings is 3. The number of unbranched alkanes of at least 4 members (excludes halogenated alkanes) is 1. The van der Waals surface area contributed by atoms with Gasteiger partial charge in [0.15, 0.2) is 0 Å². The number of carbonyl (C=O) groups is 1. The fraction of sp³-hybridized carbons (Fsp3) is 0.355. The summed E-state index contributed by atoms with van der Waals surface area (Å²) < 4.78 is 40.8. The number of rotatable bonds is 8. The first-order valence-electron chi connectivity index (χ1n) is 13.5. The van der Waals surface area contributed by atoms with Crippen molar-refractivity contribution in [2.75, 3.05) is 19.6 Å². The van der Waals surface area contributed by atoms with Gasteiger partial charge in [-0.3, -0.25) is 9.69 Å². The van der Waals surface area contributed by atoms with Crippen LogP contribution in [0.1, 0.15) is 53.4 Å². The first kappa shape index (κ1) is 26.9. The van der Waals surface area contributed by atoms with Gasteiger partial charge in [0.1, 0.15) is 0 Å². The number of imidazole rings is 1. The number of halogens is 3. The van der Waals surface area contributed by atoms with E-state index in [0.29, 0.717) is 26.2 Å². The molecule has 3 aromatic carbocycles. The number of fused-ring (bicyclic) bond motifs is 1. The lowest BCUT2D eigenvalue weighted by atomic mass is 10.0. The third-order valence-electron chi connectivity index (χ3n) is 7.60. The molecule has 1 fully saturated rings. The molecule has 1 saturated heterocycles. The highest BCUT2D eigenvalue weighted by Gasteiger charge is 2.31. The van der Waals surface area contributed by atoms with Crippen molar-refractivity contribution >= 4 is 16.7 Å². The maximum absolute atomic E-state index is 13.6. The van der Waals surface area contributed by atoms with Crippen molar-refractivity contribution in [1.82, 2.24) is 19.4 Å². The number of hydrogen-bond acceptors (Lipinski definition) is 3. The molecule has 0 spiro atoms. The number of alkyl halides is 3. The largest absolute Gasteiger partial charge is 0.416 e. The standard InChI is InChI=1S/C31H33F3N4O/c1-2-3-9-26-20-37(30(39)29-11-6-8-24-7-4-5-10-28(24)29)17-16-36(26)21-27-18-35-22-38(27)19-23-12-14-25(15-13-23)31(32,33)34/h4-8,10-15,18,22,26H,2-3,9,16-17,19-21H2,1H3/t26-/m0/s1. The number of hydrogen-bond donors (Lipinski definition) is 0. The van der Waals surface area contributed by atoms with Crippen LogP contribution in [0, 0.1) is 0 Å². The van der Waals surface area contributed by atoms with Gasteiger partial charge >= 0.3 is 6.18 Å². The van der Waals surface area contributed by atoms with Gasteiger partial charge in [-0.25, -0.2) is 4.98 Å². The van der Waals surface area contributed by atoms with Gasteiger partial charge in [-0.1, -0.05) is 68.3 Å². The SMILES string of the molecule is CCCC[C@H]1CN(C(=O)c2cccc3ccccc23)CCN1Cc1cncn1Cc1ccc(C(F)(F)F)cc1. The lowest BCUT2D eigenvalue weighted by Gasteiger charge is -2.41. The molecule has 0 aliphatic carbocycles. The molecule has 1 aromatic heterocycles. The second-order valence-corrected chi connectivity index (χ2v) is 10.3. The Hall–Kier alpha value is -3.65. The van der Waals surface area contributed by atoms with E-state index >= 15 is 0 Å². The van der Waals surface area contributed by atoms with Gasteiger partial charge in [-0.05, 0) is 41.0 Å². The van der Waals surface area contributed by atoms with E-state index in [1.165, 1.54) is 12.1 Å². The van der Waals surface area contributed by atoms with E-state index in [1.807, 2.05) is 58.1 Å². The smallest absolute Gasteiger partial charge is 0.336 e.